The van der Waals surface area contributed by atoms with Crippen molar-refractivity contribution in [3.63, 3.8) is 0 Å². The van der Waals surface area contributed by atoms with Crippen molar-refractivity contribution in [2.45, 2.75) is 19.4 Å². The van der Waals surface area contributed by atoms with Gasteiger partial charge in [-0.15, -0.1) is 0 Å². The summed E-state index contributed by atoms with van der Waals surface area (Å²) in [5.74, 6) is 6.81. The van der Waals surface area contributed by atoms with E-state index in [-0.39, 0.29) is 6.61 Å². The average molecular weight is 289 g/mol. The van der Waals surface area contributed by atoms with E-state index in [4.69, 9.17) is 14.6 Å². The summed E-state index contributed by atoms with van der Waals surface area (Å²) in [5.41, 5.74) is 2.11. The van der Waals surface area contributed by atoms with E-state index in [2.05, 4.69) is 28.9 Å². The zero-order valence-corrected chi connectivity index (χ0v) is 12.6. The summed E-state index contributed by atoms with van der Waals surface area (Å²) in [6.45, 7) is 4.69. The Labute approximate surface area is 126 Å². The predicted molar refractivity (Wildman–Crippen MR) is 82.3 cm³/mol. The molecule has 1 fully saturated rings. The Balaban J connectivity index is 2.09. The molecule has 0 bridgehead atoms. The van der Waals surface area contributed by atoms with Crippen LogP contribution in [0.3, 0.4) is 0 Å². The van der Waals surface area contributed by atoms with Gasteiger partial charge in [-0.05, 0) is 24.1 Å². The Bertz CT molecular complexity index is 496. The minimum absolute atomic E-state index is 0.0861. The van der Waals surface area contributed by atoms with Gasteiger partial charge in [0.15, 0.2) is 0 Å². The van der Waals surface area contributed by atoms with Gasteiger partial charge >= 0.3 is 0 Å². The van der Waals surface area contributed by atoms with Crippen LogP contribution in [0.25, 0.3) is 0 Å². The first-order chi connectivity index (χ1) is 10.3. The van der Waals surface area contributed by atoms with Gasteiger partial charge in [-0.3, -0.25) is 4.90 Å². The van der Waals surface area contributed by atoms with Crippen molar-refractivity contribution in [3.05, 3.63) is 29.3 Å². The number of benzene rings is 1. The molecule has 0 aliphatic carbocycles. The highest BCUT2D eigenvalue weighted by Gasteiger charge is 2.10. The van der Waals surface area contributed by atoms with Crippen molar-refractivity contribution < 1.29 is 14.6 Å². The molecule has 21 heavy (non-hydrogen) atoms. The molecular formula is C17H23NO3. The predicted octanol–water partition coefficient (Wildman–Crippen LogP) is 1.65. The SMILES string of the molecule is COc1ccc(CN2CCCOCC2)cc1C#CCCO. The molecule has 1 aromatic carbocycles. The minimum Gasteiger partial charge on any atom is -0.495 e. The van der Waals surface area contributed by atoms with E-state index in [1.165, 1.54) is 5.56 Å². The number of hydrogen-bond acceptors (Lipinski definition) is 4. The third-order valence-corrected chi connectivity index (χ3v) is 3.44. The molecule has 2 rings (SSSR count). The molecule has 0 atom stereocenters. The molecule has 114 valence electrons. The van der Waals surface area contributed by atoms with Gasteiger partial charge in [0.05, 0.1) is 25.9 Å². The maximum Gasteiger partial charge on any atom is 0.134 e. The van der Waals surface area contributed by atoms with Crippen molar-refractivity contribution in [2.24, 2.45) is 0 Å². The molecule has 4 nitrogen and oxygen atoms in total. The van der Waals surface area contributed by atoms with Crippen LogP contribution in [0, 0.1) is 11.8 Å². The van der Waals surface area contributed by atoms with Gasteiger partial charge in [0.1, 0.15) is 5.75 Å². The zero-order chi connectivity index (χ0) is 14.9. The van der Waals surface area contributed by atoms with Gasteiger partial charge in [0, 0.05) is 32.7 Å². The summed E-state index contributed by atoms with van der Waals surface area (Å²) < 4.78 is 10.8. The number of methoxy groups -OCH3 is 1. The summed E-state index contributed by atoms with van der Waals surface area (Å²) in [4.78, 5) is 2.40. The highest BCUT2D eigenvalue weighted by Crippen LogP contribution is 2.20. The van der Waals surface area contributed by atoms with E-state index in [1.807, 2.05) is 6.07 Å². The molecule has 0 spiro atoms. The lowest BCUT2D eigenvalue weighted by atomic mass is 10.1. The Morgan fingerprint density at radius 1 is 1.33 bits per heavy atom. The second-order valence-electron chi connectivity index (χ2n) is 5.05. The molecule has 1 aliphatic rings. The molecule has 0 amide bonds. The summed E-state index contributed by atoms with van der Waals surface area (Å²) in [5, 5.41) is 8.82. The van der Waals surface area contributed by atoms with Crippen molar-refractivity contribution in [3.8, 4) is 17.6 Å². The lowest BCUT2D eigenvalue weighted by molar-refractivity contribution is 0.140. The molecule has 4 heteroatoms. The first kappa shape index (κ1) is 15.8. The Morgan fingerprint density at radius 3 is 3.05 bits per heavy atom. The van der Waals surface area contributed by atoms with Gasteiger partial charge in [0.2, 0.25) is 0 Å². The smallest absolute Gasteiger partial charge is 0.134 e. The molecule has 1 aromatic rings. The lowest BCUT2D eigenvalue weighted by Crippen LogP contribution is -2.25. The Morgan fingerprint density at radius 2 is 2.24 bits per heavy atom. The summed E-state index contributed by atoms with van der Waals surface area (Å²) in [6.07, 6.45) is 1.57. The number of nitrogens with zero attached hydrogens (tertiary/aromatic N) is 1. The molecule has 0 radical (unpaired) electrons. The van der Waals surface area contributed by atoms with E-state index < -0.39 is 0 Å². The lowest BCUT2D eigenvalue weighted by Gasteiger charge is -2.19. The zero-order valence-electron chi connectivity index (χ0n) is 12.6. The highest BCUT2D eigenvalue weighted by atomic mass is 16.5. The fourth-order valence-electron chi connectivity index (χ4n) is 2.38. The van der Waals surface area contributed by atoms with Crippen molar-refractivity contribution in [1.29, 1.82) is 0 Å². The van der Waals surface area contributed by atoms with Gasteiger partial charge in [-0.1, -0.05) is 17.9 Å². The van der Waals surface area contributed by atoms with Gasteiger partial charge in [-0.25, -0.2) is 0 Å². The van der Waals surface area contributed by atoms with Crippen molar-refractivity contribution in [1.82, 2.24) is 4.90 Å². The second kappa shape index (κ2) is 8.68. The van der Waals surface area contributed by atoms with Crippen molar-refractivity contribution >= 4 is 0 Å². The first-order valence-electron chi connectivity index (χ1n) is 7.40. The molecule has 0 aromatic heterocycles. The third kappa shape index (κ3) is 5.05. The van der Waals surface area contributed by atoms with Crippen LogP contribution in [-0.2, 0) is 11.3 Å². The quantitative estimate of drug-likeness (QED) is 0.856. The van der Waals surface area contributed by atoms with Gasteiger partial charge in [-0.2, -0.15) is 0 Å². The topological polar surface area (TPSA) is 41.9 Å². The molecule has 0 unspecified atom stereocenters. The summed E-state index contributed by atoms with van der Waals surface area (Å²) in [7, 11) is 1.65. The van der Waals surface area contributed by atoms with E-state index in [1.54, 1.807) is 7.11 Å². The van der Waals surface area contributed by atoms with Crippen molar-refractivity contribution in [2.75, 3.05) is 40.0 Å². The van der Waals surface area contributed by atoms with Crippen LogP contribution in [0.1, 0.15) is 24.0 Å². The van der Waals surface area contributed by atoms with E-state index in [9.17, 15) is 0 Å². The molecular weight excluding hydrogens is 266 g/mol. The number of aliphatic hydroxyl groups excluding tert-OH is 1. The molecule has 1 N–H and O–H groups in total. The van der Waals surface area contributed by atoms with Gasteiger partial charge < -0.3 is 14.6 Å². The van der Waals surface area contributed by atoms with E-state index in [0.717, 1.165) is 50.6 Å². The van der Waals surface area contributed by atoms with E-state index >= 15 is 0 Å². The second-order valence-corrected chi connectivity index (χ2v) is 5.05. The third-order valence-electron chi connectivity index (χ3n) is 3.44. The Hall–Kier alpha value is -1.54. The average Bonchev–Trinajstić information content (AvgIpc) is 2.76. The number of rotatable bonds is 4. The van der Waals surface area contributed by atoms with Crippen LogP contribution in [0.4, 0.5) is 0 Å². The standard InChI is InChI=1S/C17H23NO3/c1-20-17-7-6-15(13-16(17)5-2-3-10-19)14-18-8-4-11-21-12-9-18/h6-7,13,19H,3-4,8-12,14H2,1H3. The van der Waals surface area contributed by atoms with Crippen LogP contribution in [0.15, 0.2) is 18.2 Å². The van der Waals surface area contributed by atoms with Crippen LogP contribution in [0.5, 0.6) is 5.75 Å². The minimum atomic E-state index is 0.0861. The maximum atomic E-state index is 8.82. The monoisotopic (exact) mass is 289 g/mol. The first-order valence-corrected chi connectivity index (χ1v) is 7.40. The largest absolute Gasteiger partial charge is 0.495 e. The number of ether oxygens (including phenoxy) is 2. The highest BCUT2D eigenvalue weighted by molar-refractivity contribution is 5.48. The summed E-state index contributed by atoms with van der Waals surface area (Å²) >= 11 is 0. The van der Waals surface area contributed by atoms with E-state index in [0.29, 0.717) is 6.42 Å². The normalized spacial score (nSPS) is 15.9. The van der Waals surface area contributed by atoms with Crippen LogP contribution in [0.2, 0.25) is 0 Å². The molecule has 1 saturated heterocycles. The Kier molecular flexibility index (Phi) is 6.55. The molecule has 1 heterocycles. The number of hydrogen-bond donors (Lipinski definition) is 1. The fourth-order valence-corrected chi connectivity index (χ4v) is 2.38. The maximum absolute atomic E-state index is 8.82. The van der Waals surface area contributed by atoms with Crippen LogP contribution >= 0.6 is 0 Å². The van der Waals surface area contributed by atoms with Crippen LogP contribution < -0.4 is 4.74 Å². The number of aliphatic hydroxyl groups is 1. The fraction of sp³-hybridized carbons (Fsp3) is 0.529. The summed E-state index contributed by atoms with van der Waals surface area (Å²) in [6, 6.07) is 6.13. The molecule has 1 aliphatic heterocycles. The molecule has 0 saturated carbocycles. The van der Waals surface area contributed by atoms with Gasteiger partial charge in [0.25, 0.3) is 0 Å². The van der Waals surface area contributed by atoms with Crippen LogP contribution in [-0.4, -0.2) is 50.0 Å².